The van der Waals surface area contributed by atoms with Gasteiger partial charge in [-0.25, -0.2) is 9.97 Å². The van der Waals surface area contributed by atoms with Crippen LogP contribution in [0.4, 0.5) is 5.95 Å². The third kappa shape index (κ3) is 2.19. The van der Waals surface area contributed by atoms with Crippen molar-refractivity contribution in [2.45, 2.75) is 19.4 Å². The monoisotopic (exact) mass is 292 g/mol. The van der Waals surface area contributed by atoms with Crippen LogP contribution in [-0.2, 0) is 6.54 Å². The fraction of sp³-hybridized carbons (Fsp3) is 0.231. The second kappa shape index (κ2) is 4.83. The molecule has 0 bridgehead atoms. The number of nitrogens with zero attached hydrogens (tertiary/aromatic N) is 3. The van der Waals surface area contributed by atoms with Gasteiger partial charge in [0.2, 0.25) is 5.95 Å². The Morgan fingerprint density at radius 2 is 2.32 bits per heavy atom. The molecule has 0 radical (unpaired) electrons. The van der Waals surface area contributed by atoms with Crippen LogP contribution in [0.25, 0.3) is 11.0 Å². The van der Waals surface area contributed by atoms with Gasteiger partial charge in [0.15, 0.2) is 0 Å². The number of hydrogen-bond donors (Lipinski definition) is 1. The Bertz CT molecular complexity index is 705. The summed E-state index contributed by atoms with van der Waals surface area (Å²) in [5.41, 5.74) is 7.72. The molecule has 4 nitrogen and oxygen atoms in total. The second-order valence-corrected chi connectivity index (χ2v) is 5.79. The number of rotatable bonds is 3. The molecule has 2 N–H and O–H groups in total. The molecule has 19 heavy (non-hydrogen) atoms. The van der Waals surface area contributed by atoms with Crippen LogP contribution in [-0.4, -0.2) is 14.5 Å². The average Bonchev–Trinajstić information content (AvgIpc) is 2.99. The Balaban J connectivity index is 2.03. The largest absolute Gasteiger partial charge is 0.369 e. The Hall–Kier alpha value is -1.59. The molecule has 2 heterocycles. The van der Waals surface area contributed by atoms with Crippen LogP contribution in [0.1, 0.15) is 17.8 Å². The molecular weight excluding hydrogens is 280 g/mol. The molecular formula is C13H13ClN4S. The normalized spacial score (nSPS) is 12.9. The Morgan fingerprint density at radius 1 is 1.47 bits per heavy atom. The van der Waals surface area contributed by atoms with Crippen molar-refractivity contribution in [3.8, 4) is 0 Å². The Labute approximate surface area is 119 Å². The number of imidazole rings is 1. The molecule has 0 amide bonds. The predicted molar refractivity (Wildman–Crippen MR) is 79.7 cm³/mol. The van der Waals surface area contributed by atoms with Crippen LogP contribution in [0.15, 0.2) is 29.8 Å². The predicted octanol–water partition coefficient (Wildman–Crippen LogP) is 3.53. The fourth-order valence-corrected chi connectivity index (χ4v) is 3.14. The zero-order chi connectivity index (χ0) is 13.4. The number of nitrogen functional groups attached to an aromatic ring is 1. The van der Waals surface area contributed by atoms with Crippen molar-refractivity contribution >= 4 is 39.9 Å². The van der Waals surface area contributed by atoms with Gasteiger partial charge in [0.25, 0.3) is 0 Å². The fourth-order valence-electron chi connectivity index (χ4n) is 2.17. The summed E-state index contributed by atoms with van der Waals surface area (Å²) >= 11 is 7.90. The number of benzene rings is 1. The van der Waals surface area contributed by atoms with E-state index in [0.29, 0.717) is 11.0 Å². The van der Waals surface area contributed by atoms with E-state index < -0.39 is 0 Å². The van der Waals surface area contributed by atoms with Crippen molar-refractivity contribution in [1.82, 2.24) is 14.5 Å². The number of anilines is 1. The summed E-state index contributed by atoms with van der Waals surface area (Å²) in [6.45, 7) is 2.85. The molecule has 0 fully saturated rings. The van der Waals surface area contributed by atoms with E-state index in [1.165, 1.54) is 0 Å². The lowest BCUT2D eigenvalue weighted by Crippen LogP contribution is -2.09. The van der Waals surface area contributed by atoms with E-state index in [4.69, 9.17) is 17.3 Å². The summed E-state index contributed by atoms with van der Waals surface area (Å²) in [5.74, 6) is 0.766. The molecule has 98 valence electrons. The number of thiazole rings is 1. The van der Waals surface area contributed by atoms with Crippen LogP contribution in [0.2, 0.25) is 5.02 Å². The van der Waals surface area contributed by atoms with Crippen molar-refractivity contribution in [1.29, 1.82) is 0 Å². The maximum atomic E-state index is 6.25. The standard InChI is InChI=1S/C13H13ClN4S/c1-8(12-16-5-6-19-12)7-18-11-9(14)3-2-4-10(11)17-13(18)15/h2-6,8H,7H2,1H3,(H2,15,17). The molecule has 1 aromatic carbocycles. The molecule has 0 saturated heterocycles. The van der Waals surface area contributed by atoms with Crippen molar-refractivity contribution in [3.63, 3.8) is 0 Å². The molecule has 0 saturated carbocycles. The molecule has 6 heteroatoms. The molecule has 1 atom stereocenters. The van der Waals surface area contributed by atoms with Crippen molar-refractivity contribution in [2.24, 2.45) is 0 Å². The lowest BCUT2D eigenvalue weighted by molar-refractivity contribution is 0.614. The van der Waals surface area contributed by atoms with Crippen LogP contribution < -0.4 is 5.73 Å². The van der Waals surface area contributed by atoms with E-state index in [1.807, 2.05) is 34.3 Å². The van der Waals surface area contributed by atoms with Gasteiger partial charge in [-0.3, -0.25) is 0 Å². The number of nitrogens with two attached hydrogens (primary N) is 1. The first-order valence-electron chi connectivity index (χ1n) is 5.96. The van der Waals surface area contributed by atoms with E-state index >= 15 is 0 Å². The lowest BCUT2D eigenvalue weighted by Gasteiger charge is -2.12. The first kappa shape index (κ1) is 12.4. The van der Waals surface area contributed by atoms with E-state index in [1.54, 1.807) is 11.3 Å². The maximum Gasteiger partial charge on any atom is 0.201 e. The van der Waals surface area contributed by atoms with E-state index in [2.05, 4.69) is 16.9 Å². The van der Waals surface area contributed by atoms with Crippen molar-refractivity contribution in [2.75, 3.05) is 5.73 Å². The maximum absolute atomic E-state index is 6.25. The third-order valence-corrected chi connectivity index (χ3v) is 4.39. The third-order valence-electron chi connectivity index (χ3n) is 3.08. The van der Waals surface area contributed by atoms with Crippen molar-refractivity contribution in [3.05, 3.63) is 39.8 Å². The highest BCUT2D eigenvalue weighted by Gasteiger charge is 2.15. The summed E-state index contributed by atoms with van der Waals surface area (Å²) in [4.78, 5) is 8.69. The summed E-state index contributed by atoms with van der Waals surface area (Å²) in [6, 6.07) is 5.66. The minimum atomic E-state index is 0.274. The summed E-state index contributed by atoms with van der Waals surface area (Å²) in [5, 5.41) is 3.75. The SMILES string of the molecule is CC(Cn1c(N)nc2cccc(Cl)c21)c1nccs1. The number of fused-ring (bicyclic) bond motifs is 1. The second-order valence-electron chi connectivity index (χ2n) is 4.46. The minimum absolute atomic E-state index is 0.274. The molecule has 2 aromatic heterocycles. The average molecular weight is 293 g/mol. The van der Waals surface area contributed by atoms with Gasteiger partial charge in [-0.2, -0.15) is 0 Å². The van der Waals surface area contributed by atoms with Crippen molar-refractivity contribution < 1.29 is 0 Å². The van der Waals surface area contributed by atoms with E-state index in [-0.39, 0.29) is 5.92 Å². The van der Waals surface area contributed by atoms with Gasteiger partial charge in [0, 0.05) is 24.0 Å². The van der Waals surface area contributed by atoms with Gasteiger partial charge in [0.05, 0.1) is 21.1 Å². The summed E-state index contributed by atoms with van der Waals surface area (Å²) in [6.07, 6.45) is 1.82. The van der Waals surface area contributed by atoms with Crippen LogP contribution in [0, 0.1) is 0 Å². The van der Waals surface area contributed by atoms with Crippen LogP contribution >= 0.6 is 22.9 Å². The van der Waals surface area contributed by atoms with Gasteiger partial charge >= 0.3 is 0 Å². The first-order valence-corrected chi connectivity index (χ1v) is 7.22. The molecule has 0 aliphatic rings. The van der Waals surface area contributed by atoms with Crippen LogP contribution in [0.5, 0.6) is 0 Å². The molecule has 0 aliphatic heterocycles. The Kier molecular flexibility index (Phi) is 3.16. The number of para-hydroxylation sites is 1. The van der Waals surface area contributed by atoms with Gasteiger partial charge in [-0.1, -0.05) is 24.6 Å². The van der Waals surface area contributed by atoms with Gasteiger partial charge in [-0.05, 0) is 12.1 Å². The zero-order valence-corrected chi connectivity index (χ0v) is 11.9. The number of halogens is 1. The highest BCUT2D eigenvalue weighted by atomic mass is 35.5. The molecule has 0 spiro atoms. The number of aromatic nitrogens is 3. The highest BCUT2D eigenvalue weighted by Crippen LogP contribution is 2.28. The molecule has 1 unspecified atom stereocenters. The van der Waals surface area contributed by atoms with E-state index in [0.717, 1.165) is 22.6 Å². The Morgan fingerprint density at radius 3 is 3.05 bits per heavy atom. The van der Waals surface area contributed by atoms with E-state index in [9.17, 15) is 0 Å². The van der Waals surface area contributed by atoms with Gasteiger partial charge < -0.3 is 10.3 Å². The zero-order valence-electron chi connectivity index (χ0n) is 10.4. The van der Waals surface area contributed by atoms with Crippen LogP contribution in [0.3, 0.4) is 0 Å². The topological polar surface area (TPSA) is 56.7 Å². The van der Waals surface area contributed by atoms with Gasteiger partial charge in [-0.15, -0.1) is 11.3 Å². The summed E-state index contributed by atoms with van der Waals surface area (Å²) in [7, 11) is 0. The van der Waals surface area contributed by atoms with Gasteiger partial charge in [0.1, 0.15) is 0 Å². The lowest BCUT2D eigenvalue weighted by atomic mass is 10.2. The smallest absolute Gasteiger partial charge is 0.201 e. The number of hydrogen-bond acceptors (Lipinski definition) is 4. The highest BCUT2D eigenvalue weighted by molar-refractivity contribution is 7.09. The molecule has 3 rings (SSSR count). The minimum Gasteiger partial charge on any atom is -0.369 e. The molecule has 3 aromatic rings. The quantitative estimate of drug-likeness (QED) is 0.803. The summed E-state index contributed by atoms with van der Waals surface area (Å²) < 4.78 is 1.96. The first-order chi connectivity index (χ1) is 9.16. The molecule has 0 aliphatic carbocycles.